The van der Waals surface area contributed by atoms with Gasteiger partial charge >= 0.3 is 5.69 Å². The zero-order valence-electron chi connectivity index (χ0n) is 24.4. The molecule has 12 nitrogen and oxygen atoms in total. The quantitative estimate of drug-likeness (QED) is 0.135. The number of aromatic nitrogens is 6. The van der Waals surface area contributed by atoms with Crippen molar-refractivity contribution >= 4 is 5.91 Å². The average molecular weight is 619 g/mol. The molecule has 5 aromatic rings. The minimum absolute atomic E-state index is 0.00548. The number of rotatable bonds is 13. The van der Waals surface area contributed by atoms with E-state index in [2.05, 4.69) is 15.2 Å². The molecule has 1 atom stereocenters. The molecule has 0 saturated heterocycles. The summed E-state index contributed by atoms with van der Waals surface area (Å²) < 4.78 is 32.6. The van der Waals surface area contributed by atoms with E-state index < -0.39 is 23.1 Å². The summed E-state index contributed by atoms with van der Waals surface area (Å²) in [5.41, 5.74) is 2.37. The van der Waals surface area contributed by atoms with Crippen LogP contribution in [0.15, 0.2) is 90.5 Å². The maximum absolute atomic E-state index is 14.8. The summed E-state index contributed by atoms with van der Waals surface area (Å²) in [4.78, 5) is 30.2. The van der Waals surface area contributed by atoms with Crippen molar-refractivity contribution in [3.63, 3.8) is 0 Å². The average Bonchev–Trinajstić information content (AvgIpc) is 3.66. The SMILES string of the molecule is CN(Cc1ccc(-n2cnn(CCCc3ccc(C(=O)NO)cc3)c2=O)cc1)CC(O)(Cn1cncn1)c1ccc(F)cc1F. The monoisotopic (exact) mass is 618 g/mol. The largest absolute Gasteiger partial charge is 0.382 e. The number of hydrogen-bond acceptors (Lipinski definition) is 8. The Morgan fingerprint density at radius 2 is 1.73 bits per heavy atom. The van der Waals surface area contributed by atoms with Crippen LogP contribution in [-0.2, 0) is 31.7 Å². The van der Waals surface area contributed by atoms with Crippen LogP contribution < -0.4 is 11.2 Å². The molecule has 45 heavy (non-hydrogen) atoms. The van der Waals surface area contributed by atoms with Gasteiger partial charge in [-0.05, 0) is 61.3 Å². The number of carbonyl (C=O) groups excluding carboxylic acids is 1. The molecule has 0 radical (unpaired) electrons. The number of amides is 1. The van der Waals surface area contributed by atoms with Crippen LogP contribution in [0.25, 0.3) is 5.69 Å². The van der Waals surface area contributed by atoms with E-state index in [4.69, 9.17) is 5.21 Å². The van der Waals surface area contributed by atoms with Crippen molar-refractivity contribution in [3.05, 3.63) is 130 Å². The first-order valence-corrected chi connectivity index (χ1v) is 14.1. The van der Waals surface area contributed by atoms with Crippen LogP contribution in [0.4, 0.5) is 8.78 Å². The van der Waals surface area contributed by atoms with E-state index in [-0.39, 0.29) is 24.3 Å². The van der Waals surface area contributed by atoms with Gasteiger partial charge in [0.05, 0.1) is 12.2 Å². The van der Waals surface area contributed by atoms with Gasteiger partial charge in [-0.3, -0.25) is 14.9 Å². The molecule has 0 aliphatic carbocycles. The Balaban J connectivity index is 1.21. The fourth-order valence-electron chi connectivity index (χ4n) is 5.23. The smallest absolute Gasteiger partial charge is 0.350 e. The van der Waals surface area contributed by atoms with E-state index in [1.165, 1.54) is 39.0 Å². The van der Waals surface area contributed by atoms with Gasteiger partial charge in [-0.1, -0.05) is 30.3 Å². The number of carbonyl (C=O) groups is 1. The number of nitrogens with zero attached hydrogens (tertiary/aromatic N) is 7. The van der Waals surface area contributed by atoms with Crippen molar-refractivity contribution < 1.29 is 23.9 Å². The molecule has 14 heteroatoms. The summed E-state index contributed by atoms with van der Waals surface area (Å²) in [5, 5.41) is 28.6. The molecular weight excluding hydrogens is 586 g/mol. The standard InChI is InChI=1S/C31H32F2N8O4/c1-38(17-31(44,18-39-20-34-19-35-39)27-13-10-25(32)15-28(27)33)16-23-6-11-26(12-7-23)40-21-36-41(30(40)43)14-2-3-22-4-8-24(9-5-22)29(42)37-45/h4-13,15,19-21,44-45H,2-3,14,16-18H2,1H3,(H,37,42). The van der Waals surface area contributed by atoms with Crippen molar-refractivity contribution in [1.82, 2.24) is 39.5 Å². The van der Waals surface area contributed by atoms with E-state index >= 15 is 0 Å². The second kappa shape index (κ2) is 13.7. The minimum atomic E-state index is -1.73. The molecule has 234 valence electrons. The fourth-order valence-corrected chi connectivity index (χ4v) is 5.23. The number of hydroxylamine groups is 1. The van der Waals surface area contributed by atoms with Crippen molar-refractivity contribution in [2.24, 2.45) is 0 Å². The van der Waals surface area contributed by atoms with E-state index in [0.717, 1.165) is 23.3 Å². The molecule has 2 heterocycles. The molecule has 1 amide bonds. The van der Waals surface area contributed by atoms with Gasteiger partial charge in [-0.25, -0.2) is 38.0 Å². The molecule has 0 saturated carbocycles. The zero-order chi connectivity index (χ0) is 32.0. The third kappa shape index (κ3) is 7.55. The molecule has 0 spiro atoms. The molecular formula is C31H32F2N8O4. The molecule has 0 aliphatic rings. The van der Waals surface area contributed by atoms with Crippen LogP contribution in [0, 0.1) is 11.6 Å². The first-order chi connectivity index (χ1) is 21.6. The lowest BCUT2D eigenvalue weighted by molar-refractivity contribution is -0.0175. The summed E-state index contributed by atoms with van der Waals surface area (Å²) in [7, 11) is 1.77. The Morgan fingerprint density at radius 3 is 2.40 bits per heavy atom. The summed E-state index contributed by atoms with van der Waals surface area (Å²) >= 11 is 0. The van der Waals surface area contributed by atoms with Gasteiger partial charge in [-0.2, -0.15) is 10.2 Å². The highest BCUT2D eigenvalue weighted by Crippen LogP contribution is 2.28. The zero-order valence-corrected chi connectivity index (χ0v) is 24.4. The highest BCUT2D eigenvalue weighted by molar-refractivity contribution is 5.93. The number of benzene rings is 3. The van der Waals surface area contributed by atoms with E-state index in [1.54, 1.807) is 48.9 Å². The molecule has 2 aromatic heterocycles. The number of aliphatic hydroxyl groups is 1. The Kier molecular flexibility index (Phi) is 9.56. The molecule has 0 aliphatic heterocycles. The Hall–Kier alpha value is -5.05. The third-order valence-corrected chi connectivity index (χ3v) is 7.41. The van der Waals surface area contributed by atoms with E-state index in [0.29, 0.717) is 37.2 Å². The van der Waals surface area contributed by atoms with Crippen molar-refractivity contribution in [3.8, 4) is 5.69 Å². The van der Waals surface area contributed by atoms with Crippen LogP contribution in [0.5, 0.6) is 0 Å². The Bertz CT molecular complexity index is 1790. The minimum Gasteiger partial charge on any atom is -0.382 e. The van der Waals surface area contributed by atoms with Gasteiger partial charge in [0, 0.05) is 36.8 Å². The van der Waals surface area contributed by atoms with Gasteiger partial charge in [-0.15, -0.1) is 0 Å². The predicted molar refractivity (Wildman–Crippen MR) is 158 cm³/mol. The normalized spacial score (nSPS) is 12.8. The molecule has 5 rings (SSSR count). The van der Waals surface area contributed by atoms with Crippen LogP contribution in [0.1, 0.15) is 33.5 Å². The molecule has 1 unspecified atom stereocenters. The number of halogens is 2. The van der Waals surface area contributed by atoms with Crippen LogP contribution in [-0.4, -0.2) is 63.8 Å². The van der Waals surface area contributed by atoms with E-state index in [1.807, 2.05) is 17.0 Å². The molecule has 3 aromatic carbocycles. The Labute approximate surface area is 256 Å². The second-order valence-electron chi connectivity index (χ2n) is 10.8. The summed E-state index contributed by atoms with van der Waals surface area (Å²) in [6.45, 7) is 0.704. The summed E-state index contributed by atoms with van der Waals surface area (Å²) in [6, 6.07) is 17.2. The van der Waals surface area contributed by atoms with E-state index in [9.17, 15) is 23.5 Å². The van der Waals surface area contributed by atoms with Crippen molar-refractivity contribution in [2.45, 2.75) is 38.1 Å². The lowest BCUT2D eigenvalue weighted by atomic mass is 9.92. The van der Waals surface area contributed by atoms with Gasteiger partial charge in [0.15, 0.2) is 0 Å². The number of likely N-dealkylation sites (N-methyl/N-ethyl adjacent to an activating group) is 1. The van der Waals surface area contributed by atoms with Crippen LogP contribution in [0.3, 0.4) is 0 Å². The molecule has 0 bridgehead atoms. The van der Waals surface area contributed by atoms with Crippen LogP contribution >= 0.6 is 0 Å². The number of aryl methyl sites for hydroxylation is 2. The summed E-state index contributed by atoms with van der Waals surface area (Å²) in [5.74, 6) is -2.18. The summed E-state index contributed by atoms with van der Waals surface area (Å²) in [6.07, 6.45) is 5.51. The molecule has 0 fully saturated rings. The Morgan fingerprint density at radius 1 is 1.00 bits per heavy atom. The number of nitrogens with one attached hydrogen (secondary N) is 1. The van der Waals surface area contributed by atoms with Gasteiger partial charge in [0.25, 0.3) is 5.91 Å². The number of hydrogen-bond donors (Lipinski definition) is 3. The lowest BCUT2D eigenvalue weighted by Gasteiger charge is -2.33. The first-order valence-electron chi connectivity index (χ1n) is 14.1. The van der Waals surface area contributed by atoms with Crippen LogP contribution in [0.2, 0.25) is 0 Å². The van der Waals surface area contributed by atoms with Gasteiger partial charge in [0.1, 0.15) is 36.2 Å². The lowest BCUT2D eigenvalue weighted by Crippen LogP contribution is -2.43. The maximum Gasteiger partial charge on any atom is 0.350 e. The highest BCUT2D eigenvalue weighted by Gasteiger charge is 2.35. The topological polar surface area (TPSA) is 143 Å². The molecule has 3 N–H and O–H groups in total. The third-order valence-electron chi connectivity index (χ3n) is 7.41. The second-order valence-corrected chi connectivity index (χ2v) is 10.8. The fraction of sp³-hybridized carbons (Fsp3) is 0.258. The van der Waals surface area contributed by atoms with Gasteiger partial charge in [0.2, 0.25) is 0 Å². The maximum atomic E-state index is 14.8. The highest BCUT2D eigenvalue weighted by atomic mass is 19.1. The first kappa shape index (κ1) is 31.4. The van der Waals surface area contributed by atoms with Gasteiger partial charge < -0.3 is 5.11 Å². The predicted octanol–water partition coefficient (Wildman–Crippen LogP) is 2.68. The van der Waals surface area contributed by atoms with Crippen molar-refractivity contribution in [2.75, 3.05) is 13.6 Å². The van der Waals surface area contributed by atoms with Crippen molar-refractivity contribution in [1.29, 1.82) is 0 Å².